The summed E-state index contributed by atoms with van der Waals surface area (Å²) in [5.41, 5.74) is 1.03. The van der Waals surface area contributed by atoms with E-state index < -0.39 is 6.04 Å². The van der Waals surface area contributed by atoms with Gasteiger partial charge in [0.15, 0.2) is 11.5 Å². The number of aromatic nitrogens is 3. The van der Waals surface area contributed by atoms with Crippen molar-refractivity contribution in [3.8, 4) is 0 Å². The third-order valence-electron chi connectivity index (χ3n) is 4.44. The van der Waals surface area contributed by atoms with Crippen LogP contribution in [-0.2, 0) is 4.79 Å². The lowest BCUT2D eigenvalue weighted by atomic mass is 10.0. The molecule has 0 saturated heterocycles. The number of hydrogen-bond donors (Lipinski definition) is 2. The Bertz CT molecular complexity index is 1000. The fraction of sp³-hybridized carbons (Fsp3) is 0.300. The van der Waals surface area contributed by atoms with E-state index in [0.29, 0.717) is 22.1 Å². The number of rotatable bonds is 6. The standard InChI is InChI=1S/C20H22ClN5O2/c1-12(2)17(23-19(27)14-8-4-5-9-15(14)21)20(28)22-13(3)18-25-24-16-10-6-7-11-26(16)18/h4-13,17H,1-3H3,(H,22,28)(H,23,27). The molecule has 7 nitrogen and oxygen atoms in total. The van der Waals surface area contributed by atoms with Crippen molar-refractivity contribution in [1.82, 2.24) is 25.2 Å². The molecule has 1 aromatic carbocycles. The zero-order chi connectivity index (χ0) is 20.3. The average molecular weight is 400 g/mol. The molecule has 2 N–H and O–H groups in total. The molecule has 0 bridgehead atoms. The van der Waals surface area contributed by atoms with Crippen molar-refractivity contribution in [3.63, 3.8) is 0 Å². The van der Waals surface area contributed by atoms with Crippen molar-refractivity contribution in [2.75, 3.05) is 0 Å². The summed E-state index contributed by atoms with van der Waals surface area (Å²) < 4.78 is 1.82. The molecule has 3 aromatic rings. The van der Waals surface area contributed by atoms with Crippen molar-refractivity contribution < 1.29 is 9.59 Å². The van der Waals surface area contributed by atoms with Crippen LogP contribution in [0.4, 0.5) is 0 Å². The number of nitrogens with one attached hydrogen (secondary N) is 2. The topological polar surface area (TPSA) is 88.4 Å². The van der Waals surface area contributed by atoms with E-state index >= 15 is 0 Å². The number of nitrogens with zero attached hydrogens (tertiary/aromatic N) is 3. The number of benzene rings is 1. The molecule has 2 amide bonds. The van der Waals surface area contributed by atoms with Crippen LogP contribution in [0.2, 0.25) is 5.02 Å². The van der Waals surface area contributed by atoms with Crippen LogP contribution in [0.15, 0.2) is 48.7 Å². The van der Waals surface area contributed by atoms with Crippen LogP contribution in [0.25, 0.3) is 5.65 Å². The molecular formula is C20H22ClN5O2. The molecule has 0 aliphatic carbocycles. The molecule has 2 atom stereocenters. The second-order valence-electron chi connectivity index (χ2n) is 6.89. The molecule has 3 rings (SSSR count). The van der Waals surface area contributed by atoms with Crippen molar-refractivity contribution in [3.05, 3.63) is 65.1 Å². The number of amides is 2. The van der Waals surface area contributed by atoms with E-state index in [0.717, 1.165) is 0 Å². The minimum Gasteiger partial charge on any atom is -0.345 e. The van der Waals surface area contributed by atoms with Crippen molar-refractivity contribution in [1.29, 1.82) is 0 Å². The highest BCUT2D eigenvalue weighted by Gasteiger charge is 2.27. The van der Waals surface area contributed by atoms with Gasteiger partial charge in [-0.2, -0.15) is 0 Å². The van der Waals surface area contributed by atoms with Crippen LogP contribution in [0.3, 0.4) is 0 Å². The van der Waals surface area contributed by atoms with E-state index in [1.165, 1.54) is 0 Å². The normalized spacial score (nSPS) is 13.3. The summed E-state index contributed by atoms with van der Waals surface area (Å²) in [6.07, 6.45) is 1.84. The Balaban J connectivity index is 1.74. The van der Waals surface area contributed by atoms with Crippen molar-refractivity contribution in [2.24, 2.45) is 5.92 Å². The molecule has 0 aliphatic rings. The van der Waals surface area contributed by atoms with Crippen LogP contribution in [0.1, 0.15) is 43.0 Å². The molecule has 146 valence electrons. The molecule has 0 spiro atoms. The van der Waals surface area contributed by atoms with Gasteiger partial charge in [-0.1, -0.05) is 43.6 Å². The lowest BCUT2D eigenvalue weighted by molar-refractivity contribution is -0.124. The lowest BCUT2D eigenvalue weighted by Crippen LogP contribution is -2.50. The molecule has 8 heteroatoms. The second-order valence-corrected chi connectivity index (χ2v) is 7.30. The summed E-state index contributed by atoms with van der Waals surface area (Å²) in [7, 11) is 0. The van der Waals surface area contributed by atoms with Gasteiger partial charge in [0.2, 0.25) is 5.91 Å². The van der Waals surface area contributed by atoms with Gasteiger partial charge in [-0.05, 0) is 37.1 Å². The zero-order valence-electron chi connectivity index (χ0n) is 15.9. The average Bonchev–Trinajstić information content (AvgIpc) is 3.10. The van der Waals surface area contributed by atoms with Gasteiger partial charge in [-0.3, -0.25) is 14.0 Å². The van der Waals surface area contributed by atoms with E-state index in [1.54, 1.807) is 24.3 Å². The first-order valence-corrected chi connectivity index (χ1v) is 9.41. The summed E-state index contributed by atoms with van der Waals surface area (Å²) in [5, 5.41) is 14.3. The van der Waals surface area contributed by atoms with E-state index in [4.69, 9.17) is 11.6 Å². The highest BCUT2D eigenvalue weighted by Crippen LogP contribution is 2.16. The summed E-state index contributed by atoms with van der Waals surface area (Å²) >= 11 is 6.09. The van der Waals surface area contributed by atoms with Gasteiger partial charge >= 0.3 is 0 Å². The quantitative estimate of drug-likeness (QED) is 0.666. The third kappa shape index (κ3) is 4.14. The molecule has 2 aromatic heterocycles. The third-order valence-corrected chi connectivity index (χ3v) is 4.77. The van der Waals surface area contributed by atoms with E-state index in [2.05, 4.69) is 20.8 Å². The number of hydrogen-bond acceptors (Lipinski definition) is 4. The minimum absolute atomic E-state index is 0.117. The predicted octanol–water partition coefficient (Wildman–Crippen LogP) is 3.01. The van der Waals surface area contributed by atoms with Gasteiger partial charge in [0.05, 0.1) is 16.6 Å². The monoisotopic (exact) mass is 399 g/mol. The van der Waals surface area contributed by atoms with Crippen molar-refractivity contribution in [2.45, 2.75) is 32.9 Å². The Labute approximate surface area is 168 Å². The summed E-state index contributed by atoms with van der Waals surface area (Å²) in [4.78, 5) is 25.4. The maximum Gasteiger partial charge on any atom is 0.253 e. The summed E-state index contributed by atoms with van der Waals surface area (Å²) in [5.74, 6) is -0.187. The zero-order valence-corrected chi connectivity index (χ0v) is 16.6. The first-order valence-electron chi connectivity index (χ1n) is 9.04. The first-order chi connectivity index (χ1) is 13.4. The number of carbonyl (C=O) groups excluding carboxylic acids is 2. The number of carbonyl (C=O) groups is 2. The summed E-state index contributed by atoms with van der Waals surface area (Å²) in [6, 6.07) is 11.2. The van der Waals surface area contributed by atoms with E-state index in [1.807, 2.05) is 49.6 Å². The molecule has 28 heavy (non-hydrogen) atoms. The maximum absolute atomic E-state index is 12.9. The first kappa shape index (κ1) is 19.8. The lowest BCUT2D eigenvalue weighted by Gasteiger charge is -2.23. The molecule has 0 aliphatic heterocycles. The fourth-order valence-corrected chi connectivity index (χ4v) is 3.14. The maximum atomic E-state index is 12.9. The molecule has 2 unspecified atom stereocenters. The highest BCUT2D eigenvalue weighted by molar-refractivity contribution is 6.33. The van der Waals surface area contributed by atoms with Crippen LogP contribution in [-0.4, -0.2) is 32.5 Å². The summed E-state index contributed by atoms with van der Waals surface area (Å²) in [6.45, 7) is 5.57. The Hall–Kier alpha value is -2.93. The van der Waals surface area contributed by atoms with E-state index in [-0.39, 0.29) is 23.8 Å². The van der Waals surface area contributed by atoms with Gasteiger partial charge in [-0.15, -0.1) is 10.2 Å². The van der Waals surface area contributed by atoms with Gasteiger partial charge < -0.3 is 10.6 Å². The fourth-order valence-electron chi connectivity index (χ4n) is 2.92. The van der Waals surface area contributed by atoms with Crippen LogP contribution in [0, 0.1) is 5.92 Å². The second kappa shape index (κ2) is 8.39. The van der Waals surface area contributed by atoms with Gasteiger partial charge in [0.1, 0.15) is 6.04 Å². The number of pyridine rings is 1. The Morgan fingerprint density at radius 2 is 1.71 bits per heavy atom. The Morgan fingerprint density at radius 1 is 1.00 bits per heavy atom. The van der Waals surface area contributed by atoms with Crippen LogP contribution >= 0.6 is 11.6 Å². The van der Waals surface area contributed by atoms with Crippen molar-refractivity contribution >= 4 is 29.1 Å². The Kier molecular flexibility index (Phi) is 5.94. The predicted molar refractivity (Wildman–Crippen MR) is 107 cm³/mol. The van der Waals surface area contributed by atoms with Gasteiger partial charge in [0, 0.05) is 6.20 Å². The number of fused-ring (bicyclic) bond motifs is 1. The molecule has 0 radical (unpaired) electrons. The molecule has 2 heterocycles. The molecule has 0 fully saturated rings. The molecule has 0 saturated carbocycles. The SMILES string of the molecule is CC(NC(=O)C(NC(=O)c1ccccc1Cl)C(C)C)c1nnc2ccccn12. The largest absolute Gasteiger partial charge is 0.345 e. The smallest absolute Gasteiger partial charge is 0.253 e. The Morgan fingerprint density at radius 3 is 2.43 bits per heavy atom. The van der Waals surface area contributed by atoms with E-state index in [9.17, 15) is 9.59 Å². The minimum atomic E-state index is -0.717. The van der Waals surface area contributed by atoms with Crippen LogP contribution < -0.4 is 10.6 Å². The number of halogens is 1. The van der Waals surface area contributed by atoms with Gasteiger partial charge in [0.25, 0.3) is 5.91 Å². The molecular weight excluding hydrogens is 378 g/mol. The van der Waals surface area contributed by atoms with Crippen LogP contribution in [0.5, 0.6) is 0 Å². The highest BCUT2D eigenvalue weighted by atomic mass is 35.5. The van der Waals surface area contributed by atoms with Gasteiger partial charge in [-0.25, -0.2) is 0 Å².